The van der Waals surface area contributed by atoms with Crippen LogP contribution in [0.25, 0.3) is 0 Å². The fraction of sp³-hybridized carbons (Fsp3) is 0.133. The van der Waals surface area contributed by atoms with Crippen LogP contribution in [0.3, 0.4) is 0 Å². The Balaban J connectivity index is 2.12. The van der Waals surface area contributed by atoms with Gasteiger partial charge in [0.05, 0.1) is 4.92 Å². The Hall–Kier alpha value is -2.47. The number of hydrogen-bond donors (Lipinski definition) is 2. The first-order valence-corrected chi connectivity index (χ1v) is 6.77. The second-order valence-corrected chi connectivity index (χ2v) is 5.06. The molecule has 2 aromatic carbocycles. The summed E-state index contributed by atoms with van der Waals surface area (Å²) < 4.78 is 0. The molecule has 21 heavy (non-hydrogen) atoms. The van der Waals surface area contributed by atoms with Crippen LogP contribution in [-0.4, -0.2) is 10.0 Å². The minimum absolute atomic E-state index is 0.0682. The summed E-state index contributed by atoms with van der Waals surface area (Å²) in [4.78, 5) is 10.5. The van der Waals surface area contributed by atoms with Crippen LogP contribution in [0.15, 0.2) is 42.5 Å². The normalized spacial score (nSPS) is 10.0. The molecule has 5 nitrogen and oxygen atoms in total. The monoisotopic (exact) mass is 301 g/mol. The summed E-state index contributed by atoms with van der Waals surface area (Å²) in [5.74, 6) is 0. The first kappa shape index (κ1) is 14.9. The second-order valence-electron chi connectivity index (χ2n) is 4.65. The molecule has 0 bridgehead atoms. The van der Waals surface area contributed by atoms with Crippen LogP contribution >= 0.6 is 12.2 Å². The summed E-state index contributed by atoms with van der Waals surface area (Å²) in [6.07, 6.45) is 0. The van der Waals surface area contributed by atoms with Crippen LogP contribution in [-0.2, 0) is 0 Å². The van der Waals surface area contributed by atoms with E-state index < -0.39 is 4.92 Å². The molecule has 0 spiro atoms. The number of nitro benzene ring substituents is 1. The van der Waals surface area contributed by atoms with E-state index in [1.165, 1.54) is 6.07 Å². The summed E-state index contributed by atoms with van der Waals surface area (Å²) in [5.41, 5.74) is 3.23. The summed E-state index contributed by atoms with van der Waals surface area (Å²) in [6, 6.07) is 12.7. The van der Waals surface area contributed by atoms with E-state index in [2.05, 4.69) is 10.6 Å². The number of thiocarbonyl (C=S) groups is 1. The van der Waals surface area contributed by atoms with Crippen molar-refractivity contribution in [2.75, 3.05) is 10.6 Å². The van der Waals surface area contributed by atoms with Gasteiger partial charge in [-0.3, -0.25) is 10.1 Å². The van der Waals surface area contributed by atoms with E-state index in [1.807, 2.05) is 31.2 Å². The Morgan fingerprint density at radius 2 is 1.81 bits per heavy atom. The van der Waals surface area contributed by atoms with Crippen molar-refractivity contribution >= 4 is 34.4 Å². The highest BCUT2D eigenvalue weighted by Gasteiger charge is 2.11. The molecule has 0 aliphatic heterocycles. The standard InChI is InChI=1S/C15H15N3O2S/c1-10-5-3-4-6-13(10)17-15(21)16-12-8-7-11(2)14(9-12)18(19)20/h3-9H,1-2H3,(H2,16,17,21). The summed E-state index contributed by atoms with van der Waals surface area (Å²) in [6.45, 7) is 3.67. The highest BCUT2D eigenvalue weighted by Crippen LogP contribution is 2.22. The van der Waals surface area contributed by atoms with E-state index in [0.29, 0.717) is 16.4 Å². The maximum absolute atomic E-state index is 10.9. The lowest BCUT2D eigenvalue weighted by Crippen LogP contribution is -2.19. The molecule has 6 heteroatoms. The van der Waals surface area contributed by atoms with Gasteiger partial charge in [0.1, 0.15) is 0 Å². The Kier molecular flexibility index (Phi) is 4.49. The van der Waals surface area contributed by atoms with Gasteiger partial charge in [-0.15, -0.1) is 0 Å². The fourth-order valence-electron chi connectivity index (χ4n) is 1.88. The van der Waals surface area contributed by atoms with Crippen molar-refractivity contribution in [1.82, 2.24) is 0 Å². The molecular formula is C15H15N3O2S. The van der Waals surface area contributed by atoms with Gasteiger partial charge in [-0.05, 0) is 43.8 Å². The fourth-order valence-corrected chi connectivity index (χ4v) is 2.11. The van der Waals surface area contributed by atoms with E-state index in [1.54, 1.807) is 19.1 Å². The van der Waals surface area contributed by atoms with Crippen LogP contribution in [0, 0.1) is 24.0 Å². The average molecular weight is 301 g/mol. The second kappa shape index (κ2) is 6.32. The van der Waals surface area contributed by atoms with Gasteiger partial charge in [-0.25, -0.2) is 0 Å². The highest BCUT2D eigenvalue weighted by molar-refractivity contribution is 7.80. The van der Waals surface area contributed by atoms with Crippen molar-refractivity contribution in [2.24, 2.45) is 0 Å². The van der Waals surface area contributed by atoms with E-state index in [-0.39, 0.29) is 5.69 Å². The molecule has 0 aliphatic rings. The predicted octanol–water partition coefficient (Wildman–Crippen LogP) is 4.02. The number of rotatable bonds is 3. The lowest BCUT2D eigenvalue weighted by molar-refractivity contribution is -0.385. The third-order valence-corrected chi connectivity index (χ3v) is 3.26. The van der Waals surface area contributed by atoms with Gasteiger partial charge < -0.3 is 10.6 Å². The molecule has 2 aromatic rings. The van der Waals surface area contributed by atoms with Gasteiger partial charge in [0.25, 0.3) is 5.69 Å². The lowest BCUT2D eigenvalue weighted by Gasteiger charge is -2.12. The number of hydrogen-bond acceptors (Lipinski definition) is 3. The number of benzene rings is 2. The third-order valence-electron chi connectivity index (χ3n) is 3.06. The number of aryl methyl sites for hydroxylation is 2. The minimum Gasteiger partial charge on any atom is -0.332 e. The summed E-state index contributed by atoms with van der Waals surface area (Å²) in [5, 5.41) is 17.3. The Morgan fingerprint density at radius 1 is 1.10 bits per heavy atom. The number of nitrogens with one attached hydrogen (secondary N) is 2. The molecule has 0 radical (unpaired) electrons. The molecule has 0 heterocycles. The average Bonchev–Trinajstić information content (AvgIpc) is 2.43. The quantitative estimate of drug-likeness (QED) is 0.509. The molecular weight excluding hydrogens is 286 g/mol. The van der Waals surface area contributed by atoms with Gasteiger partial charge in [0, 0.05) is 23.0 Å². The van der Waals surface area contributed by atoms with Crippen molar-refractivity contribution < 1.29 is 4.92 Å². The topological polar surface area (TPSA) is 67.2 Å². The summed E-state index contributed by atoms with van der Waals surface area (Å²) in [7, 11) is 0. The Labute approximate surface area is 128 Å². The van der Waals surface area contributed by atoms with Crippen molar-refractivity contribution in [2.45, 2.75) is 13.8 Å². The highest BCUT2D eigenvalue weighted by atomic mass is 32.1. The molecule has 0 aliphatic carbocycles. The molecule has 0 unspecified atom stereocenters. The maximum atomic E-state index is 10.9. The largest absolute Gasteiger partial charge is 0.332 e. The molecule has 0 amide bonds. The van der Waals surface area contributed by atoms with Crippen LogP contribution in [0.4, 0.5) is 17.1 Å². The van der Waals surface area contributed by atoms with Crippen molar-refractivity contribution in [3.8, 4) is 0 Å². The molecule has 0 saturated carbocycles. The Bertz CT molecular complexity index is 701. The molecule has 0 saturated heterocycles. The van der Waals surface area contributed by atoms with Gasteiger partial charge in [-0.2, -0.15) is 0 Å². The van der Waals surface area contributed by atoms with Gasteiger partial charge in [-0.1, -0.05) is 24.3 Å². The molecule has 2 rings (SSSR count). The third kappa shape index (κ3) is 3.76. The van der Waals surface area contributed by atoms with E-state index in [0.717, 1.165) is 11.3 Å². The van der Waals surface area contributed by atoms with Crippen LogP contribution < -0.4 is 10.6 Å². The number of nitro groups is 1. The van der Waals surface area contributed by atoms with E-state index in [4.69, 9.17) is 12.2 Å². The summed E-state index contributed by atoms with van der Waals surface area (Å²) >= 11 is 5.23. The predicted molar refractivity (Wildman–Crippen MR) is 88.9 cm³/mol. The zero-order valence-corrected chi connectivity index (χ0v) is 12.5. The first-order chi connectivity index (χ1) is 9.97. The lowest BCUT2D eigenvalue weighted by atomic mass is 10.2. The molecule has 108 valence electrons. The van der Waals surface area contributed by atoms with Gasteiger partial charge >= 0.3 is 0 Å². The number of para-hydroxylation sites is 1. The smallest absolute Gasteiger partial charge is 0.274 e. The molecule has 0 aromatic heterocycles. The van der Waals surface area contributed by atoms with E-state index >= 15 is 0 Å². The Morgan fingerprint density at radius 3 is 2.48 bits per heavy atom. The van der Waals surface area contributed by atoms with Crippen molar-refractivity contribution in [3.05, 3.63) is 63.7 Å². The van der Waals surface area contributed by atoms with Crippen LogP contribution in [0.5, 0.6) is 0 Å². The van der Waals surface area contributed by atoms with Crippen molar-refractivity contribution in [1.29, 1.82) is 0 Å². The van der Waals surface area contributed by atoms with Gasteiger partial charge in [0.2, 0.25) is 0 Å². The SMILES string of the molecule is Cc1ccccc1NC(=S)Nc1ccc(C)c([N+](=O)[O-])c1. The molecule has 0 fully saturated rings. The van der Waals surface area contributed by atoms with Crippen LogP contribution in [0.2, 0.25) is 0 Å². The van der Waals surface area contributed by atoms with Gasteiger partial charge in [0.15, 0.2) is 5.11 Å². The zero-order valence-electron chi connectivity index (χ0n) is 11.7. The maximum Gasteiger partial charge on any atom is 0.274 e. The first-order valence-electron chi connectivity index (χ1n) is 6.36. The zero-order chi connectivity index (χ0) is 15.4. The molecule has 2 N–H and O–H groups in total. The molecule has 0 atom stereocenters. The van der Waals surface area contributed by atoms with Crippen molar-refractivity contribution in [3.63, 3.8) is 0 Å². The number of nitrogens with zero attached hydrogens (tertiary/aromatic N) is 1. The van der Waals surface area contributed by atoms with Crippen LogP contribution in [0.1, 0.15) is 11.1 Å². The van der Waals surface area contributed by atoms with E-state index in [9.17, 15) is 10.1 Å². The number of anilines is 2. The minimum atomic E-state index is -0.404.